The molecule has 0 saturated heterocycles. The zero-order chi connectivity index (χ0) is 18.9. The van der Waals surface area contributed by atoms with E-state index in [1.807, 2.05) is 0 Å². The van der Waals surface area contributed by atoms with Gasteiger partial charge in [-0.1, -0.05) is 109 Å². The molecule has 0 saturated carbocycles. The predicted molar refractivity (Wildman–Crippen MR) is 118 cm³/mol. The molecule has 0 N–H and O–H groups in total. The molecule has 0 bridgehead atoms. The van der Waals surface area contributed by atoms with Crippen LogP contribution >= 0.6 is 0 Å². The third-order valence-electron chi connectivity index (χ3n) is 4.77. The third kappa shape index (κ3) is 15.2. The van der Waals surface area contributed by atoms with Gasteiger partial charge in [0.15, 0.2) is 0 Å². The molecule has 0 unspecified atom stereocenters. The van der Waals surface area contributed by atoms with Crippen LogP contribution in [0.15, 0.2) is 35.2 Å². The Morgan fingerprint density at radius 2 is 1.11 bits per heavy atom. The summed E-state index contributed by atoms with van der Waals surface area (Å²) in [5.74, 6) is 0. The van der Waals surface area contributed by atoms with Gasteiger partial charge in [0.25, 0.3) is 10.1 Å². The normalized spacial score (nSPS) is 11.3. The topological polar surface area (TPSA) is 43.4 Å². The van der Waals surface area contributed by atoms with Gasteiger partial charge in [0, 0.05) is 0 Å². The molecule has 0 aliphatic heterocycles. The molecule has 3 nitrogen and oxygen atoms in total. The molecule has 0 aromatic heterocycles. The van der Waals surface area contributed by atoms with Crippen molar-refractivity contribution < 1.29 is 15.5 Å². The summed E-state index contributed by atoms with van der Waals surface area (Å²) in [6.45, 7) is 2.55. The summed E-state index contributed by atoms with van der Waals surface area (Å²) in [5, 5.41) is 0. The van der Waals surface area contributed by atoms with Gasteiger partial charge in [-0.2, -0.15) is 8.42 Å². The van der Waals surface area contributed by atoms with E-state index >= 15 is 0 Å². The van der Waals surface area contributed by atoms with Gasteiger partial charge in [-0.05, 0) is 18.6 Å². The Morgan fingerprint density at radius 1 is 0.704 bits per heavy atom. The average Bonchev–Trinajstić information content (AvgIpc) is 2.65. The van der Waals surface area contributed by atoms with Crippen molar-refractivity contribution >= 4 is 59.0 Å². The summed E-state index contributed by atoms with van der Waals surface area (Å²) in [4.78, 5) is 0.241. The van der Waals surface area contributed by atoms with E-state index in [4.69, 9.17) is 4.18 Å². The molecule has 0 heterocycles. The number of hydrogen-bond acceptors (Lipinski definition) is 3. The second kappa shape index (κ2) is 18.7. The van der Waals surface area contributed by atoms with Crippen LogP contribution in [0.1, 0.15) is 99.7 Å². The molecule has 0 atom stereocenters. The van der Waals surface area contributed by atoms with Crippen LogP contribution in [-0.4, -0.2) is 63.9 Å². The summed E-state index contributed by atoms with van der Waals surface area (Å²) in [5.41, 5.74) is 0. The van der Waals surface area contributed by atoms with Crippen molar-refractivity contribution in [2.75, 3.05) is 6.61 Å². The first-order valence-corrected chi connectivity index (χ1v) is 12.0. The predicted octanol–water partition coefficient (Wildman–Crippen LogP) is 6.72. The van der Waals surface area contributed by atoms with E-state index in [1.165, 1.54) is 77.0 Å². The van der Waals surface area contributed by atoms with Gasteiger partial charge in [0.1, 0.15) is 0 Å². The maximum atomic E-state index is 11.9. The number of benzene rings is 1. The molecule has 154 valence electrons. The molecule has 0 radical (unpaired) electrons. The zero-order valence-electron chi connectivity index (χ0n) is 19.3. The number of rotatable bonds is 17. The van der Waals surface area contributed by atoms with Crippen molar-refractivity contribution in [1.29, 1.82) is 0 Å². The van der Waals surface area contributed by atoms with Crippen LogP contribution in [0.3, 0.4) is 0 Å². The molecule has 1 rings (SSSR count). The Kier molecular flexibility index (Phi) is 19.2. The van der Waals surface area contributed by atoms with Crippen LogP contribution < -0.4 is 0 Å². The Bertz CT molecular complexity index is 542. The molecular weight excluding hydrogens is 482 g/mol. The Morgan fingerprint density at radius 3 is 1.56 bits per heavy atom. The molecule has 0 aliphatic rings. The van der Waals surface area contributed by atoms with Crippen molar-refractivity contribution in [1.82, 2.24) is 0 Å². The summed E-state index contributed by atoms with van der Waals surface area (Å²) in [7, 11) is -3.58. The van der Waals surface area contributed by atoms with E-state index in [9.17, 15) is 8.42 Å². The standard InChI is InChI=1S/C22H38O3S.Ba.2H/c1-2-3-4-5-6-7-8-9-10-11-12-13-14-18-21-25-26(23,24)22-19-16-15-17-20-22;;;/h15-17,19-20H,2-14,18,21H2,1H3;;;/q;+2;2*-1. The van der Waals surface area contributed by atoms with Crippen molar-refractivity contribution in [3.05, 3.63) is 30.3 Å². The van der Waals surface area contributed by atoms with Crippen molar-refractivity contribution in [2.45, 2.75) is 102 Å². The maximum Gasteiger partial charge on any atom is 2.00 e. The van der Waals surface area contributed by atoms with E-state index < -0.39 is 10.1 Å². The second-order valence-corrected chi connectivity index (χ2v) is 8.80. The summed E-state index contributed by atoms with van der Waals surface area (Å²) < 4.78 is 29.0. The van der Waals surface area contributed by atoms with Crippen LogP contribution in [0.5, 0.6) is 0 Å². The fourth-order valence-corrected chi connectivity index (χ4v) is 4.08. The summed E-state index contributed by atoms with van der Waals surface area (Å²) >= 11 is 0. The molecule has 0 aliphatic carbocycles. The quantitative estimate of drug-likeness (QED) is 0.130. The van der Waals surface area contributed by atoms with Crippen LogP contribution in [0.25, 0.3) is 0 Å². The molecule has 1 aromatic carbocycles. The Labute approximate surface area is 211 Å². The first-order chi connectivity index (χ1) is 12.7. The number of hydrogen-bond donors (Lipinski definition) is 0. The van der Waals surface area contributed by atoms with Gasteiger partial charge < -0.3 is 2.85 Å². The monoisotopic (exact) mass is 522 g/mol. The molecule has 0 amide bonds. The SMILES string of the molecule is CCCCCCCCCCCCCCCCOS(=O)(=O)c1ccccc1.[Ba+2].[H-].[H-]. The van der Waals surface area contributed by atoms with E-state index in [2.05, 4.69) is 6.92 Å². The zero-order valence-corrected chi connectivity index (χ0v) is 22.6. The van der Waals surface area contributed by atoms with Crippen LogP contribution in [0.2, 0.25) is 0 Å². The average molecular weight is 522 g/mol. The fourth-order valence-electron chi connectivity index (χ4n) is 3.12. The van der Waals surface area contributed by atoms with Gasteiger partial charge in [-0.25, -0.2) is 0 Å². The minimum absolute atomic E-state index is 0. The van der Waals surface area contributed by atoms with Gasteiger partial charge in [-0.15, -0.1) is 0 Å². The minimum atomic E-state index is -3.58. The van der Waals surface area contributed by atoms with Gasteiger partial charge in [0.2, 0.25) is 0 Å². The Balaban J connectivity index is -0.00000225. The second-order valence-electron chi connectivity index (χ2n) is 7.19. The van der Waals surface area contributed by atoms with E-state index in [1.54, 1.807) is 30.3 Å². The van der Waals surface area contributed by atoms with E-state index in [-0.39, 0.29) is 63.2 Å². The van der Waals surface area contributed by atoms with Crippen LogP contribution in [0.4, 0.5) is 0 Å². The molecule has 0 spiro atoms. The Hall–Kier alpha value is 0.701. The molecule has 27 heavy (non-hydrogen) atoms. The van der Waals surface area contributed by atoms with Crippen molar-refractivity contribution in [3.8, 4) is 0 Å². The fraction of sp³-hybridized carbons (Fsp3) is 0.727. The summed E-state index contributed by atoms with van der Waals surface area (Å²) in [6, 6.07) is 8.36. The smallest absolute Gasteiger partial charge is 1.00 e. The molecule has 0 fully saturated rings. The van der Waals surface area contributed by atoms with Gasteiger partial charge in [0.05, 0.1) is 11.5 Å². The van der Waals surface area contributed by atoms with E-state index in [0.29, 0.717) is 0 Å². The maximum absolute atomic E-state index is 11.9. The molecule has 5 heteroatoms. The van der Waals surface area contributed by atoms with Gasteiger partial charge in [-0.3, -0.25) is 4.18 Å². The molecule has 1 aromatic rings. The van der Waals surface area contributed by atoms with Crippen molar-refractivity contribution in [2.24, 2.45) is 0 Å². The molecular formula is C22H40BaO3S. The van der Waals surface area contributed by atoms with Crippen molar-refractivity contribution in [3.63, 3.8) is 0 Å². The minimum Gasteiger partial charge on any atom is -1.00 e. The summed E-state index contributed by atoms with van der Waals surface area (Å²) in [6.07, 6.45) is 18.0. The number of unbranched alkanes of at least 4 members (excludes halogenated alkanes) is 13. The van der Waals surface area contributed by atoms with Crippen LogP contribution in [0, 0.1) is 0 Å². The largest absolute Gasteiger partial charge is 2.00 e. The van der Waals surface area contributed by atoms with E-state index in [0.717, 1.165) is 12.8 Å². The van der Waals surface area contributed by atoms with Crippen LogP contribution in [-0.2, 0) is 14.3 Å². The third-order valence-corrected chi connectivity index (χ3v) is 6.09. The first kappa shape index (κ1) is 27.7. The van der Waals surface area contributed by atoms with Gasteiger partial charge >= 0.3 is 48.9 Å². The first-order valence-electron chi connectivity index (χ1n) is 10.6.